The van der Waals surface area contributed by atoms with Crippen molar-refractivity contribution in [3.05, 3.63) is 46.0 Å². The lowest BCUT2D eigenvalue weighted by molar-refractivity contribution is 0.421. The highest BCUT2D eigenvalue weighted by atomic mass is 79.9. The third-order valence-corrected chi connectivity index (χ3v) is 3.74. The summed E-state index contributed by atoms with van der Waals surface area (Å²) < 4.78 is 3.05. The molecule has 0 bridgehead atoms. The van der Waals surface area contributed by atoms with Gasteiger partial charge in [0.2, 0.25) is 0 Å². The summed E-state index contributed by atoms with van der Waals surface area (Å²) >= 11 is 3.43. The number of hydrogen-bond donors (Lipinski definition) is 1. The first-order valence-corrected chi connectivity index (χ1v) is 6.92. The zero-order valence-corrected chi connectivity index (χ0v) is 11.6. The largest absolute Gasteiger partial charge is 0.326 e. The Morgan fingerprint density at radius 3 is 2.89 bits per heavy atom. The molecule has 0 saturated heterocycles. The van der Waals surface area contributed by atoms with Crippen LogP contribution in [0.25, 0.3) is 0 Å². The molecule has 2 aromatic rings. The lowest BCUT2D eigenvalue weighted by atomic mass is 10.1. The summed E-state index contributed by atoms with van der Waals surface area (Å²) in [6, 6.07) is 8.49. The fourth-order valence-corrected chi connectivity index (χ4v) is 2.51. The van der Waals surface area contributed by atoms with Gasteiger partial charge in [0.05, 0.1) is 6.54 Å². The number of hydrogen-bond acceptors (Lipinski definition) is 3. The van der Waals surface area contributed by atoms with Crippen molar-refractivity contribution in [2.24, 2.45) is 5.73 Å². The fraction of sp³-hybridized carbons (Fsp3) is 0.385. The van der Waals surface area contributed by atoms with Crippen molar-refractivity contribution in [1.29, 1.82) is 0 Å². The Morgan fingerprint density at radius 2 is 2.11 bits per heavy atom. The molecule has 5 heteroatoms. The highest BCUT2D eigenvalue weighted by Gasteiger charge is 2.18. The Bertz CT molecular complexity index is 547. The lowest BCUT2D eigenvalue weighted by Crippen LogP contribution is -2.32. The molecule has 1 aliphatic heterocycles. The summed E-state index contributed by atoms with van der Waals surface area (Å²) in [6.45, 7) is 0.794. The van der Waals surface area contributed by atoms with E-state index in [1.165, 1.54) is 5.56 Å². The second-order valence-electron chi connectivity index (χ2n) is 4.73. The van der Waals surface area contributed by atoms with Crippen molar-refractivity contribution in [2.75, 3.05) is 0 Å². The summed E-state index contributed by atoms with van der Waals surface area (Å²) in [6.07, 6.45) is 2.73. The van der Waals surface area contributed by atoms with Gasteiger partial charge < -0.3 is 5.73 Å². The molecule has 1 unspecified atom stereocenters. The van der Waals surface area contributed by atoms with Crippen molar-refractivity contribution >= 4 is 15.9 Å². The number of halogens is 1. The van der Waals surface area contributed by atoms with Crippen LogP contribution in [0.4, 0.5) is 0 Å². The maximum Gasteiger partial charge on any atom is 0.155 e. The minimum Gasteiger partial charge on any atom is -0.326 e. The second kappa shape index (κ2) is 4.82. The molecule has 0 aliphatic carbocycles. The van der Waals surface area contributed by atoms with Crippen LogP contribution in [0, 0.1) is 0 Å². The standard InChI is InChI=1S/C13H15BrN4/c14-10-3-1-9(2-4-10)7-12-16-13-6-5-11(15)8-18(13)17-12/h1-4,11H,5-8,15H2. The van der Waals surface area contributed by atoms with Gasteiger partial charge in [-0.3, -0.25) is 0 Å². The summed E-state index contributed by atoms with van der Waals surface area (Å²) in [7, 11) is 0. The molecule has 0 fully saturated rings. The minimum absolute atomic E-state index is 0.222. The van der Waals surface area contributed by atoms with Gasteiger partial charge in [0.25, 0.3) is 0 Å². The average Bonchev–Trinajstić information content (AvgIpc) is 2.73. The van der Waals surface area contributed by atoms with Gasteiger partial charge in [-0.15, -0.1) is 0 Å². The molecule has 4 nitrogen and oxygen atoms in total. The number of nitrogens with two attached hydrogens (primary N) is 1. The van der Waals surface area contributed by atoms with Crippen molar-refractivity contribution in [1.82, 2.24) is 14.8 Å². The number of nitrogens with zero attached hydrogens (tertiary/aromatic N) is 3. The van der Waals surface area contributed by atoms with Gasteiger partial charge in [0.1, 0.15) is 5.82 Å². The van der Waals surface area contributed by atoms with E-state index >= 15 is 0 Å². The molecule has 0 radical (unpaired) electrons. The van der Waals surface area contributed by atoms with Crippen molar-refractivity contribution in [2.45, 2.75) is 31.8 Å². The van der Waals surface area contributed by atoms with Crippen LogP contribution in [0.5, 0.6) is 0 Å². The first kappa shape index (κ1) is 11.9. The van der Waals surface area contributed by atoms with Gasteiger partial charge in [0.15, 0.2) is 5.82 Å². The van der Waals surface area contributed by atoms with Gasteiger partial charge in [-0.25, -0.2) is 9.67 Å². The number of aromatic nitrogens is 3. The van der Waals surface area contributed by atoms with Gasteiger partial charge >= 0.3 is 0 Å². The van der Waals surface area contributed by atoms with Crippen LogP contribution in [0.2, 0.25) is 0 Å². The normalized spacial score (nSPS) is 18.7. The van der Waals surface area contributed by atoms with E-state index in [1.807, 2.05) is 16.8 Å². The number of rotatable bonds is 2. The monoisotopic (exact) mass is 306 g/mol. The molecule has 2 heterocycles. The molecule has 0 spiro atoms. The molecular formula is C13H15BrN4. The van der Waals surface area contributed by atoms with E-state index in [2.05, 4.69) is 38.1 Å². The molecule has 0 amide bonds. The van der Waals surface area contributed by atoms with Crippen LogP contribution in [0.1, 0.15) is 23.6 Å². The van der Waals surface area contributed by atoms with Crippen LogP contribution in [-0.4, -0.2) is 20.8 Å². The molecule has 1 aromatic carbocycles. The van der Waals surface area contributed by atoms with Crippen LogP contribution < -0.4 is 5.73 Å². The fourth-order valence-electron chi connectivity index (χ4n) is 2.24. The summed E-state index contributed by atoms with van der Waals surface area (Å²) in [4.78, 5) is 4.59. The summed E-state index contributed by atoms with van der Waals surface area (Å²) in [5.74, 6) is 1.96. The molecule has 94 valence electrons. The molecule has 1 aromatic heterocycles. The topological polar surface area (TPSA) is 56.7 Å². The molecule has 18 heavy (non-hydrogen) atoms. The minimum atomic E-state index is 0.222. The van der Waals surface area contributed by atoms with Gasteiger partial charge in [-0.1, -0.05) is 28.1 Å². The first-order chi connectivity index (χ1) is 8.70. The van der Waals surface area contributed by atoms with Crippen molar-refractivity contribution in [3.63, 3.8) is 0 Å². The van der Waals surface area contributed by atoms with E-state index in [-0.39, 0.29) is 6.04 Å². The molecule has 3 rings (SSSR count). The van der Waals surface area contributed by atoms with E-state index in [9.17, 15) is 0 Å². The Morgan fingerprint density at radius 1 is 1.33 bits per heavy atom. The quantitative estimate of drug-likeness (QED) is 0.922. The molecule has 0 saturated carbocycles. The summed E-state index contributed by atoms with van der Waals surface area (Å²) in [5.41, 5.74) is 7.16. The molecule has 1 atom stereocenters. The highest BCUT2D eigenvalue weighted by Crippen LogP contribution is 2.15. The first-order valence-electron chi connectivity index (χ1n) is 6.13. The number of aryl methyl sites for hydroxylation is 1. The lowest BCUT2D eigenvalue weighted by Gasteiger charge is -2.17. The van der Waals surface area contributed by atoms with Gasteiger partial charge in [-0.2, -0.15) is 5.10 Å². The third-order valence-electron chi connectivity index (χ3n) is 3.21. The molecular weight excluding hydrogens is 292 g/mol. The Hall–Kier alpha value is -1.20. The Kier molecular flexibility index (Phi) is 3.18. The van der Waals surface area contributed by atoms with Crippen LogP contribution in [0.3, 0.4) is 0 Å². The Balaban J connectivity index is 1.79. The highest BCUT2D eigenvalue weighted by molar-refractivity contribution is 9.10. The van der Waals surface area contributed by atoms with E-state index in [0.717, 1.165) is 41.9 Å². The Labute approximate surface area is 114 Å². The smallest absolute Gasteiger partial charge is 0.155 e. The predicted molar refractivity (Wildman–Crippen MR) is 73.3 cm³/mol. The number of benzene rings is 1. The van der Waals surface area contributed by atoms with E-state index in [1.54, 1.807) is 0 Å². The SMILES string of the molecule is NC1CCc2nc(Cc3ccc(Br)cc3)nn2C1. The van der Waals surface area contributed by atoms with E-state index in [0.29, 0.717) is 0 Å². The molecule has 2 N–H and O–H groups in total. The maximum atomic E-state index is 5.93. The average molecular weight is 307 g/mol. The van der Waals surface area contributed by atoms with Crippen LogP contribution >= 0.6 is 15.9 Å². The maximum absolute atomic E-state index is 5.93. The zero-order chi connectivity index (χ0) is 12.5. The van der Waals surface area contributed by atoms with Gasteiger partial charge in [-0.05, 0) is 24.1 Å². The summed E-state index contributed by atoms with van der Waals surface area (Å²) in [5, 5.41) is 4.53. The predicted octanol–water partition coefficient (Wildman–Crippen LogP) is 1.90. The zero-order valence-electron chi connectivity index (χ0n) is 10.0. The molecule has 1 aliphatic rings. The number of fused-ring (bicyclic) bond motifs is 1. The van der Waals surface area contributed by atoms with Crippen LogP contribution in [-0.2, 0) is 19.4 Å². The second-order valence-corrected chi connectivity index (χ2v) is 5.64. The van der Waals surface area contributed by atoms with E-state index < -0.39 is 0 Å². The third kappa shape index (κ3) is 2.47. The van der Waals surface area contributed by atoms with Crippen molar-refractivity contribution < 1.29 is 0 Å². The van der Waals surface area contributed by atoms with E-state index in [4.69, 9.17) is 5.73 Å². The van der Waals surface area contributed by atoms with Crippen LogP contribution in [0.15, 0.2) is 28.7 Å². The van der Waals surface area contributed by atoms with Crippen molar-refractivity contribution in [3.8, 4) is 0 Å². The van der Waals surface area contributed by atoms with Gasteiger partial charge in [0, 0.05) is 23.4 Å².